The number of hydrogen-bond acceptors (Lipinski definition) is 2. The number of benzene rings is 1. The average Bonchev–Trinajstić information content (AvgIpc) is 2.46. The summed E-state index contributed by atoms with van der Waals surface area (Å²) in [5.41, 5.74) is 2.04. The number of piperazine rings is 1. The number of rotatable bonds is 1. The molecule has 0 radical (unpaired) electrons. The molecule has 1 heterocycles. The van der Waals surface area contributed by atoms with Gasteiger partial charge in [-0.15, -0.1) is 0 Å². The highest BCUT2D eigenvalue weighted by atomic mass is 16.2. The lowest BCUT2D eigenvalue weighted by molar-refractivity contribution is -0.130. The summed E-state index contributed by atoms with van der Waals surface area (Å²) in [6, 6.07) is 7.86. The quantitative estimate of drug-likeness (QED) is 0.795. The largest absolute Gasteiger partial charge is 0.339 e. The Morgan fingerprint density at radius 2 is 1.38 bits per heavy atom. The molecule has 2 rings (SSSR count). The molecule has 0 N–H and O–H groups in total. The fourth-order valence-corrected chi connectivity index (χ4v) is 2.52. The number of carbonyl (C=O) groups is 2. The van der Waals surface area contributed by atoms with Crippen LogP contribution < -0.4 is 0 Å². The molecule has 0 aliphatic carbocycles. The monoisotopic (exact) mass is 288 g/mol. The number of nitrogens with zero attached hydrogens (tertiary/aromatic N) is 2. The predicted molar refractivity (Wildman–Crippen MR) is 83.3 cm³/mol. The van der Waals surface area contributed by atoms with E-state index in [0.29, 0.717) is 26.2 Å². The molecule has 1 fully saturated rings. The van der Waals surface area contributed by atoms with E-state index < -0.39 is 0 Å². The van der Waals surface area contributed by atoms with E-state index in [1.54, 1.807) is 11.8 Å². The predicted octanol–water partition coefficient (Wildman–Crippen LogP) is 2.29. The summed E-state index contributed by atoms with van der Waals surface area (Å²) in [5.74, 6) is 0.135. The third-order valence-electron chi connectivity index (χ3n) is 4.01. The molecule has 114 valence electrons. The number of amides is 2. The van der Waals surface area contributed by atoms with Crippen LogP contribution in [0.5, 0.6) is 0 Å². The Hall–Kier alpha value is -1.84. The highest BCUT2D eigenvalue weighted by Gasteiger charge is 2.23. The lowest BCUT2D eigenvalue weighted by atomic mass is 9.86. The molecule has 0 bridgehead atoms. The topological polar surface area (TPSA) is 40.6 Å². The third-order valence-corrected chi connectivity index (χ3v) is 4.01. The maximum Gasteiger partial charge on any atom is 0.253 e. The normalized spacial score (nSPS) is 16.0. The van der Waals surface area contributed by atoms with E-state index in [-0.39, 0.29) is 17.2 Å². The Morgan fingerprint density at radius 3 is 1.81 bits per heavy atom. The first-order chi connectivity index (χ1) is 9.79. The van der Waals surface area contributed by atoms with Crippen LogP contribution >= 0.6 is 0 Å². The minimum absolute atomic E-state index is 0.0543. The second kappa shape index (κ2) is 5.88. The van der Waals surface area contributed by atoms with Crippen LogP contribution in [0.3, 0.4) is 0 Å². The SMILES string of the molecule is CC(=O)N1CCN(C(=O)c2ccc(C(C)(C)C)cc2)CC1. The van der Waals surface area contributed by atoms with Gasteiger partial charge < -0.3 is 9.80 Å². The van der Waals surface area contributed by atoms with Crippen LogP contribution in [0.25, 0.3) is 0 Å². The molecule has 1 saturated heterocycles. The smallest absolute Gasteiger partial charge is 0.253 e. The molecule has 4 heteroatoms. The van der Waals surface area contributed by atoms with Gasteiger partial charge in [0.05, 0.1) is 0 Å². The van der Waals surface area contributed by atoms with Crippen molar-refractivity contribution in [1.29, 1.82) is 0 Å². The van der Waals surface area contributed by atoms with Gasteiger partial charge in [-0.25, -0.2) is 0 Å². The first-order valence-electron chi connectivity index (χ1n) is 7.44. The van der Waals surface area contributed by atoms with Crippen LogP contribution in [0, 0.1) is 0 Å². The van der Waals surface area contributed by atoms with Gasteiger partial charge in [0.15, 0.2) is 0 Å². The van der Waals surface area contributed by atoms with Gasteiger partial charge in [0.25, 0.3) is 5.91 Å². The standard InChI is InChI=1S/C17H24N2O2/c1-13(20)18-9-11-19(12-10-18)16(21)14-5-7-15(8-6-14)17(2,3)4/h5-8H,9-12H2,1-4H3. The van der Waals surface area contributed by atoms with Crippen LogP contribution in [-0.4, -0.2) is 47.8 Å². The summed E-state index contributed by atoms with van der Waals surface area (Å²) in [7, 11) is 0. The molecular formula is C17H24N2O2. The second-order valence-corrected chi connectivity index (χ2v) is 6.63. The van der Waals surface area contributed by atoms with Crippen LogP contribution in [0.1, 0.15) is 43.6 Å². The first kappa shape index (κ1) is 15.5. The van der Waals surface area contributed by atoms with Crippen LogP contribution in [-0.2, 0) is 10.2 Å². The van der Waals surface area contributed by atoms with Crippen molar-refractivity contribution in [2.24, 2.45) is 0 Å². The molecule has 1 aliphatic heterocycles. The summed E-state index contributed by atoms with van der Waals surface area (Å²) >= 11 is 0. The van der Waals surface area contributed by atoms with E-state index in [9.17, 15) is 9.59 Å². The van der Waals surface area contributed by atoms with Gasteiger partial charge in [0.2, 0.25) is 5.91 Å². The molecular weight excluding hydrogens is 264 g/mol. The molecule has 21 heavy (non-hydrogen) atoms. The van der Waals surface area contributed by atoms with Crippen molar-refractivity contribution in [3.05, 3.63) is 35.4 Å². The highest BCUT2D eigenvalue weighted by Crippen LogP contribution is 2.22. The van der Waals surface area contributed by atoms with Crippen molar-refractivity contribution in [2.75, 3.05) is 26.2 Å². The highest BCUT2D eigenvalue weighted by molar-refractivity contribution is 5.94. The summed E-state index contributed by atoms with van der Waals surface area (Å²) in [6.45, 7) is 10.5. The van der Waals surface area contributed by atoms with E-state index in [1.807, 2.05) is 29.2 Å². The lowest BCUT2D eigenvalue weighted by Gasteiger charge is -2.34. The molecule has 0 saturated carbocycles. The molecule has 1 aromatic carbocycles. The van der Waals surface area contributed by atoms with Gasteiger partial charge in [-0.1, -0.05) is 32.9 Å². The van der Waals surface area contributed by atoms with Crippen molar-refractivity contribution in [3.63, 3.8) is 0 Å². The zero-order chi connectivity index (χ0) is 15.6. The fourth-order valence-electron chi connectivity index (χ4n) is 2.52. The first-order valence-corrected chi connectivity index (χ1v) is 7.44. The second-order valence-electron chi connectivity index (χ2n) is 6.63. The zero-order valence-electron chi connectivity index (χ0n) is 13.3. The Bertz CT molecular complexity index is 521. The minimum atomic E-state index is 0.0543. The molecule has 0 aromatic heterocycles. The van der Waals surface area contributed by atoms with Gasteiger partial charge >= 0.3 is 0 Å². The zero-order valence-corrected chi connectivity index (χ0v) is 13.3. The summed E-state index contributed by atoms with van der Waals surface area (Å²) < 4.78 is 0. The summed E-state index contributed by atoms with van der Waals surface area (Å²) in [6.07, 6.45) is 0. The van der Waals surface area contributed by atoms with Crippen LogP contribution in [0.15, 0.2) is 24.3 Å². The van der Waals surface area contributed by atoms with E-state index in [4.69, 9.17) is 0 Å². The van der Waals surface area contributed by atoms with Crippen molar-refractivity contribution >= 4 is 11.8 Å². The van der Waals surface area contributed by atoms with Crippen LogP contribution in [0.4, 0.5) is 0 Å². The van der Waals surface area contributed by atoms with Gasteiger partial charge in [-0.3, -0.25) is 9.59 Å². The molecule has 2 amide bonds. The van der Waals surface area contributed by atoms with Crippen molar-refractivity contribution in [1.82, 2.24) is 9.80 Å². The Morgan fingerprint density at radius 1 is 0.905 bits per heavy atom. The average molecular weight is 288 g/mol. The molecule has 4 nitrogen and oxygen atoms in total. The van der Waals surface area contributed by atoms with Gasteiger partial charge in [0, 0.05) is 38.7 Å². The van der Waals surface area contributed by atoms with Crippen LogP contribution in [0.2, 0.25) is 0 Å². The van der Waals surface area contributed by atoms with E-state index in [1.165, 1.54) is 5.56 Å². The van der Waals surface area contributed by atoms with Gasteiger partial charge in [-0.2, -0.15) is 0 Å². The molecule has 0 unspecified atom stereocenters. The lowest BCUT2D eigenvalue weighted by Crippen LogP contribution is -2.50. The van der Waals surface area contributed by atoms with E-state index in [2.05, 4.69) is 20.8 Å². The molecule has 1 aromatic rings. The number of carbonyl (C=O) groups excluding carboxylic acids is 2. The fraction of sp³-hybridized carbons (Fsp3) is 0.529. The molecule has 0 atom stereocenters. The van der Waals surface area contributed by atoms with E-state index >= 15 is 0 Å². The summed E-state index contributed by atoms with van der Waals surface area (Å²) in [5, 5.41) is 0. The maximum atomic E-state index is 12.5. The maximum absolute atomic E-state index is 12.5. The minimum Gasteiger partial charge on any atom is -0.339 e. The van der Waals surface area contributed by atoms with E-state index in [0.717, 1.165) is 5.56 Å². The summed E-state index contributed by atoms with van der Waals surface area (Å²) in [4.78, 5) is 27.4. The van der Waals surface area contributed by atoms with Crippen molar-refractivity contribution < 1.29 is 9.59 Å². The van der Waals surface area contributed by atoms with Crippen molar-refractivity contribution in [2.45, 2.75) is 33.1 Å². The Labute approximate surface area is 126 Å². The molecule has 0 spiro atoms. The van der Waals surface area contributed by atoms with Crippen molar-refractivity contribution in [3.8, 4) is 0 Å². The number of hydrogen-bond donors (Lipinski definition) is 0. The molecule has 1 aliphatic rings. The Kier molecular flexibility index (Phi) is 4.35. The third kappa shape index (κ3) is 3.63. The van der Waals surface area contributed by atoms with Gasteiger partial charge in [0.1, 0.15) is 0 Å². The Balaban J connectivity index is 2.03. The van der Waals surface area contributed by atoms with Gasteiger partial charge in [-0.05, 0) is 23.1 Å².